The SMILES string of the molecule is CC(C)(C)[Si](C)(C)O/C(=C\c1ccccc1)c1ccc(F)cc1. The zero-order chi connectivity index (χ0) is 17.1. The smallest absolute Gasteiger partial charge is 0.250 e. The third-order valence-electron chi connectivity index (χ3n) is 4.40. The van der Waals surface area contributed by atoms with E-state index in [1.54, 1.807) is 12.1 Å². The first-order valence-corrected chi connectivity index (χ1v) is 10.8. The van der Waals surface area contributed by atoms with Crippen molar-refractivity contribution in [2.24, 2.45) is 0 Å². The van der Waals surface area contributed by atoms with Crippen LogP contribution in [0, 0.1) is 5.82 Å². The fraction of sp³-hybridized carbons (Fsp3) is 0.300. The van der Waals surface area contributed by atoms with E-state index in [1.807, 2.05) is 36.4 Å². The monoisotopic (exact) mass is 328 g/mol. The maximum atomic E-state index is 13.3. The average molecular weight is 329 g/mol. The summed E-state index contributed by atoms with van der Waals surface area (Å²) in [7, 11) is -1.98. The van der Waals surface area contributed by atoms with Crippen LogP contribution in [0.5, 0.6) is 0 Å². The lowest BCUT2D eigenvalue weighted by molar-refractivity contribution is 0.460. The van der Waals surface area contributed by atoms with Crippen LogP contribution in [0.15, 0.2) is 54.6 Å². The summed E-state index contributed by atoms with van der Waals surface area (Å²) in [4.78, 5) is 0. The number of rotatable bonds is 4. The molecule has 0 saturated heterocycles. The van der Waals surface area contributed by atoms with Crippen LogP contribution in [-0.2, 0) is 4.43 Å². The fourth-order valence-corrected chi connectivity index (χ4v) is 2.95. The lowest BCUT2D eigenvalue weighted by atomic mass is 10.1. The second kappa shape index (κ2) is 6.71. The Bertz CT molecular complexity index is 667. The second-order valence-electron chi connectivity index (χ2n) is 7.29. The van der Waals surface area contributed by atoms with Crippen LogP contribution < -0.4 is 0 Å². The Labute approximate surface area is 140 Å². The molecule has 0 radical (unpaired) electrons. The molecule has 2 rings (SSSR count). The molecule has 0 spiro atoms. The Balaban J connectivity index is 2.44. The quantitative estimate of drug-likeness (QED) is 0.361. The molecule has 0 amide bonds. The minimum absolute atomic E-state index is 0.100. The topological polar surface area (TPSA) is 9.23 Å². The van der Waals surface area contributed by atoms with E-state index in [-0.39, 0.29) is 10.9 Å². The molecule has 0 fully saturated rings. The van der Waals surface area contributed by atoms with Crippen LogP contribution in [-0.4, -0.2) is 8.32 Å². The van der Waals surface area contributed by atoms with Crippen LogP contribution in [0.25, 0.3) is 11.8 Å². The molecule has 122 valence electrons. The van der Waals surface area contributed by atoms with Gasteiger partial charge in [-0.25, -0.2) is 4.39 Å². The molecule has 0 aromatic heterocycles. The van der Waals surface area contributed by atoms with Crippen molar-refractivity contribution in [1.29, 1.82) is 0 Å². The van der Waals surface area contributed by atoms with Crippen LogP contribution in [0.3, 0.4) is 0 Å². The number of hydrogen-bond donors (Lipinski definition) is 0. The van der Waals surface area contributed by atoms with Gasteiger partial charge in [-0.3, -0.25) is 0 Å². The van der Waals surface area contributed by atoms with Gasteiger partial charge in [0.25, 0.3) is 8.32 Å². The molecule has 0 saturated carbocycles. The first-order valence-electron chi connectivity index (χ1n) is 7.91. The van der Waals surface area contributed by atoms with Crippen LogP contribution >= 0.6 is 0 Å². The van der Waals surface area contributed by atoms with Gasteiger partial charge in [-0.15, -0.1) is 0 Å². The van der Waals surface area contributed by atoms with Gasteiger partial charge in [-0.05, 0) is 54.0 Å². The Kier molecular flexibility index (Phi) is 5.10. The van der Waals surface area contributed by atoms with Crippen molar-refractivity contribution in [3.63, 3.8) is 0 Å². The van der Waals surface area contributed by atoms with E-state index in [0.717, 1.165) is 16.9 Å². The lowest BCUT2D eigenvalue weighted by Gasteiger charge is -2.37. The molecule has 0 aliphatic heterocycles. The van der Waals surface area contributed by atoms with Crippen molar-refractivity contribution in [3.8, 4) is 0 Å². The van der Waals surface area contributed by atoms with Crippen LogP contribution in [0.2, 0.25) is 18.1 Å². The second-order valence-corrected chi connectivity index (χ2v) is 12.0. The summed E-state index contributed by atoms with van der Waals surface area (Å²) in [5, 5.41) is 0.100. The van der Waals surface area contributed by atoms with Gasteiger partial charge in [0.05, 0.1) is 0 Å². The molecule has 0 aliphatic rings. The highest BCUT2D eigenvalue weighted by Gasteiger charge is 2.39. The Morgan fingerprint density at radius 1 is 0.957 bits per heavy atom. The summed E-state index contributed by atoms with van der Waals surface area (Å²) >= 11 is 0. The molecule has 0 N–H and O–H groups in total. The van der Waals surface area contributed by atoms with Gasteiger partial charge in [0, 0.05) is 5.56 Å². The van der Waals surface area contributed by atoms with Gasteiger partial charge in [-0.1, -0.05) is 51.1 Å². The van der Waals surface area contributed by atoms with E-state index in [4.69, 9.17) is 4.43 Å². The molecule has 0 atom stereocenters. The van der Waals surface area contributed by atoms with E-state index in [0.29, 0.717) is 0 Å². The molecule has 1 nitrogen and oxygen atoms in total. The molecular formula is C20H25FOSi. The van der Waals surface area contributed by atoms with Crippen molar-refractivity contribution in [2.75, 3.05) is 0 Å². The molecule has 0 heterocycles. The summed E-state index contributed by atoms with van der Waals surface area (Å²) in [6.45, 7) is 11.1. The summed E-state index contributed by atoms with van der Waals surface area (Å²) in [6, 6.07) is 16.6. The van der Waals surface area contributed by atoms with Gasteiger partial charge >= 0.3 is 0 Å². The van der Waals surface area contributed by atoms with Crippen LogP contribution in [0.4, 0.5) is 4.39 Å². The summed E-state index contributed by atoms with van der Waals surface area (Å²) in [5.41, 5.74) is 1.98. The highest BCUT2D eigenvalue weighted by molar-refractivity contribution is 6.74. The predicted molar refractivity (Wildman–Crippen MR) is 99.0 cm³/mol. The first-order chi connectivity index (χ1) is 10.7. The third kappa shape index (κ3) is 4.55. The van der Waals surface area contributed by atoms with Crippen LogP contribution in [0.1, 0.15) is 31.9 Å². The Hall–Kier alpha value is -1.87. The summed E-state index contributed by atoms with van der Waals surface area (Å²) < 4.78 is 19.8. The normalized spacial score (nSPS) is 13.0. The minimum atomic E-state index is -1.98. The molecular weight excluding hydrogens is 303 g/mol. The number of halogens is 1. The Morgan fingerprint density at radius 3 is 2.04 bits per heavy atom. The van der Waals surface area contributed by atoms with Gasteiger partial charge in [0.15, 0.2) is 0 Å². The largest absolute Gasteiger partial charge is 0.543 e. The molecule has 0 bridgehead atoms. The molecule has 3 heteroatoms. The number of hydrogen-bond acceptors (Lipinski definition) is 1. The maximum Gasteiger partial charge on any atom is 0.250 e. The summed E-state index contributed by atoms with van der Waals surface area (Å²) in [6.07, 6.45) is 2.04. The fourth-order valence-electron chi connectivity index (χ4n) is 1.91. The van der Waals surface area contributed by atoms with Gasteiger partial charge in [0.1, 0.15) is 11.6 Å². The first kappa shape index (κ1) is 17.5. The highest BCUT2D eigenvalue weighted by Crippen LogP contribution is 2.39. The van der Waals surface area contributed by atoms with E-state index in [1.165, 1.54) is 12.1 Å². The minimum Gasteiger partial charge on any atom is -0.543 e. The molecule has 23 heavy (non-hydrogen) atoms. The zero-order valence-electron chi connectivity index (χ0n) is 14.6. The van der Waals surface area contributed by atoms with Crippen molar-refractivity contribution >= 4 is 20.2 Å². The standard InChI is InChI=1S/C20H25FOSi/c1-20(2,3)23(4,5)22-19(15-16-9-7-6-8-10-16)17-11-13-18(21)14-12-17/h6-15H,1-5H3/b19-15-. The van der Waals surface area contributed by atoms with Crippen molar-refractivity contribution < 1.29 is 8.82 Å². The van der Waals surface area contributed by atoms with Crippen molar-refractivity contribution in [1.82, 2.24) is 0 Å². The summed E-state index contributed by atoms with van der Waals surface area (Å²) in [5.74, 6) is 0.572. The third-order valence-corrected chi connectivity index (χ3v) is 8.74. The molecule has 2 aromatic rings. The van der Waals surface area contributed by atoms with E-state index in [9.17, 15) is 4.39 Å². The lowest BCUT2D eigenvalue weighted by Crippen LogP contribution is -2.40. The highest BCUT2D eigenvalue weighted by atomic mass is 28.4. The Morgan fingerprint density at radius 2 is 1.52 bits per heavy atom. The van der Waals surface area contributed by atoms with Gasteiger partial charge in [0.2, 0.25) is 0 Å². The maximum absolute atomic E-state index is 13.3. The van der Waals surface area contributed by atoms with E-state index >= 15 is 0 Å². The van der Waals surface area contributed by atoms with Gasteiger partial charge < -0.3 is 4.43 Å². The predicted octanol–water partition coefficient (Wildman–Crippen LogP) is 6.35. The zero-order valence-corrected chi connectivity index (χ0v) is 15.6. The average Bonchev–Trinajstić information content (AvgIpc) is 2.47. The molecule has 0 unspecified atom stereocenters. The van der Waals surface area contributed by atoms with Gasteiger partial charge in [-0.2, -0.15) is 0 Å². The van der Waals surface area contributed by atoms with Crippen molar-refractivity contribution in [2.45, 2.75) is 38.9 Å². The van der Waals surface area contributed by atoms with Crippen molar-refractivity contribution in [3.05, 3.63) is 71.5 Å². The molecule has 0 aliphatic carbocycles. The van der Waals surface area contributed by atoms with E-state index < -0.39 is 8.32 Å². The van der Waals surface area contributed by atoms with E-state index in [2.05, 4.69) is 33.9 Å². The molecule has 2 aromatic carbocycles. The number of benzene rings is 2.